The van der Waals surface area contributed by atoms with Gasteiger partial charge in [0.15, 0.2) is 23.6 Å². The fourth-order valence-corrected chi connectivity index (χ4v) is 4.36. The van der Waals surface area contributed by atoms with Crippen molar-refractivity contribution in [3.8, 4) is 5.75 Å². The molecule has 1 amide bonds. The lowest BCUT2D eigenvalue weighted by molar-refractivity contribution is -0.176. The normalized spacial score (nSPS) is 21.3. The number of aryl methyl sites for hydroxylation is 1. The van der Waals surface area contributed by atoms with Gasteiger partial charge in [-0.05, 0) is 60.0 Å². The molecule has 3 rings (SSSR count). The monoisotopic (exact) mass is 618 g/mol. The smallest absolute Gasteiger partial charge is 0.344 e. The van der Waals surface area contributed by atoms with Gasteiger partial charge in [-0.15, -0.1) is 0 Å². The van der Waals surface area contributed by atoms with Crippen molar-refractivity contribution < 1.29 is 42.9 Å². The van der Waals surface area contributed by atoms with Crippen LogP contribution in [-0.4, -0.2) is 59.6 Å². The molecular weight excluding hydrogens is 588 g/mol. The molecule has 4 atom stereocenters. The molecule has 1 aromatic heterocycles. The average molecular weight is 619 g/mol. The van der Waals surface area contributed by atoms with Crippen LogP contribution in [0.3, 0.4) is 0 Å². The number of hydrogen-bond donors (Lipinski definition) is 1. The number of halogens is 1. The minimum Gasteiger partial charge on any atom is -0.463 e. The van der Waals surface area contributed by atoms with Crippen LogP contribution in [0, 0.1) is 18.8 Å². The maximum absolute atomic E-state index is 13.3. The number of nitrogens with zero attached hydrogens (tertiary/aromatic N) is 1. The summed E-state index contributed by atoms with van der Waals surface area (Å²) in [5.41, 5.74) is 0.414. The molecule has 11 nitrogen and oxygen atoms in total. The van der Waals surface area contributed by atoms with Crippen molar-refractivity contribution in [2.45, 2.75) is 59.3 Å². The zero-order chi connectivity index (χ0) is 29.6. The van der Waals surface area contributed by atoms with Gasteiger partial charge in [0.25, 0.3) is 5.91 Å². The van der Waals surface area contributed by atoms with Crippen molar-refractivity contribution in [2.24, 2.45) is 11.8 Å². The minimum absolute atomic E-state index is 0.103. The number of esters is 4. The third-order valence-corrected chi connectivity index (χ3v) is 6.91. The van der Waals surface area contributed by atoms with Crippen LogP contribution in [-0.2, 0) is 28.6 Å². The Kier molecular flexibility index (Phi) is 10.4. The van der Waals surface area contributed by atoms with Gasteiger partial charge in [0, 0.05) is 10.7 Å². The van der Waals surface area contributed by atoms with Crippen molar-refractivity contribution >= 4 is 45.7 Å². The molecule has 40 heavy (non-hydrogen) atoms. The summed E-state index contributed by atoms with van der Waals surface area (Å²) in [6.45, 7) is 7.59. The number of carbonyl (C=O) groups excluding carboxylic acids is 5. The van der Waals surface area contributed by atoms with Gasteiger partial charge in [-0.1, -0.05) is 32.9 Å². The third kappa shape index (κ3) is 7.23. The molecule has 0 bridgehead atoms. The highest BCUT2D eigenvalue weighted by molar-refractivity contribution is 9.10. The van der Waals surface area contributed by atoms with Gasteiger partial charge >= 0.3 is 23.9 Å². The second-order valence-electron chi connectivity index (χ2n) is 9.54. The molecule has 1 saturated heterocycles. The fourth-order valence-electron chi connectivity index (χ4n) is 3.92. The molecule has 1 aliphatic heterocycles. The van der Waals surface area contributed by atoms with Crippen LogP contribution >= 0.6 is 15.9 Å². The number of amides is 1. The molecule has 0 aliphatic carbocycles. The Labute approximate surface area is 240 Å². The van der Waals surface area contributed by atoms with E-state index < -0.39 is 66.5 Å². The number of pyridine rings is 1. The Bertz CT molecular complexity index is 1300. The third-order valence-electron chi connectivity index (χ3n) is 6.21. The van der Waals surface area contributed by atoms with Crippen molar-refractivity contribution in [2.75, 3.05) is 6.61 Å². The number of ether oxygens (including phenoxy) is 4. The Morgan fingerprint density at radius 3 is 2.50 bits per heavy atom. The lowest BCUT2D eigenvalue weighted by Crippen LogP contribution is -2.47. The van der Waals surface area contributed by atoms with Crippen molar-refractivity contribution in [3.63, 3.8) is 0 Å². The second kappa shape index (κ2) is 13.5. The molecule has 1 aromatic carbocycles. The highest BCUT2D eigenvalue weighted by Crippen LogP contribution is 2.26. The molecular formula is C28H31BrN2O9. The number of aromatic nitrogens is 1. The van der Waals surface area contributed by atoms with Crippen LogP contribution in [0.4, 0.5) is 0 Å². The quantitative estimate of drug-likeness (QED) is 0.361. The van der Waals surface area contributed by atoms with Crippen LogP contribution < -0.4 is 10.1 Å². The summed E-state index contributed by atoms with van der Waals surface area (Å²) in [7, 11) is 0. The first-order chi connectivity index (χ1) is 18.9. The number of rotatable bonds is 7. The molecule has 12 heteroatoms. The maximum atomic E-state index is 13.3. The highest BCUT2D eigenvalue weighted by Gasteiger charge is 2.41. The number of cyclic esters (lactones) is 2. The van der Waals surface area contributed by atoms with E-state index in [1.807, 2.05) is 0 Å². The van der Waals surface area contributed by atoms with Gasteiger partial charge < -0.3 is 24.3 Å². The summed E-state index contributed by atoms with van der Waals surface area (Å²) in [5, 5.41) is 2.46. The van der Waals surface area contributed by atoms with Crippen LogP contribution in [0.25, 0.3) is 0 Å². The summed E-state index contributed by atoms with van der Waals surface area (Å²) >= 11 is 3.30. The lowest BCUT2D eigenvalue weighted by atomic mass is 9.95. The first kappa shape index (κ1) is 30.7. The largest absolute Gasteiger partial charge is 0.463 e. The number of benzene rings is 1. The Hall–Kier alpha value is -3.80. The van der Waals surface area contributed by atoms with E-state index in [1.54, 1.807) is 58.0 Å². The van der Waals surface area contributed by atoms with Crippen LogP contribution in [0.5, 0.6) is 5.75 Å². The van der Waals surface area contributed by atoms with Crippen LogP contribution in [0.1, 0.15) is 60.5 Å². The van der Waals surface area contributed by atoms with Gasteiger partial charge in [-0.25, -0.2) is 14.6 Å². The van der Waals surface area contributed by atoms with E-state index in [0.29, 0.717) is 10.0 Å². The summed E-state index contributed by atoms with van der Waals surface area (Å²) in [5.74, 6) is -5.22. The van der Waals surface area contributed by atoms with Gasteiger partial charge in [-0.2, -0.15) is 0 Å². The predicted octanol–water partition coefficient (Wildman–Crippen LogP) is 3.55. The van der Waals surface area contributed by atoms with E-state index in [-0.39, 0.29) is 23.4 Å². The van der Waals surface area contributed by atoms with Crippen LogP contribution in [0.2, 0.25) is 0 Å². The standard InChI is InChI=1S/C28H31BrN2O9/c1-6-17-23(40-25(33)14(2)3)16(5)38-28(36)20(13-37-26(17)34)31-24(32)21-22(15(4)11-12-30-21)39-27(35)18-9-7-8-10-19(18)29/h7-12,14,16-17,20,23H,6,13H2,1-5H3,(H,31,32). The van der Waals surface area contributed by atoms with E-state index in [1.165, 1.54) is 13.1 Å². The molecule has 2 aromatic rings. The number of carbonyl (C=O) groups is 5. The Morgan fingerprint density at radius 2 is 1.85 bits per heavy atom. The minimum atomic E-state index is -1.41. The molecule has 4 unspecified atom stereocenters. The zero-order valence-corrected chi connectivity index (χ0v) is 24.4. The van der Waals surface area contributed by atoms with Crippen molar-refractivity contribution in [1.82, 2.24) is 10.3 Å². The number of hydrogen-bond acceptors (Lipinski definition) is 10. The average Bonchev–Trinajstić information content (AvgIpc) is 2.94. The highest BCUT2D eigenvalue weighted by atomic mass is 79.9. The van der Waals surface area contributed by atoms with Crippen molar-refractivity contribution in [1.29, 1.82) is 0 Å². The zero-order valence-electron chi connectivity index (χ0n) is 22.8. The van der Waals surface area contributed by atoms with Crippen molar-refractivity contribution in [3.05, 3.63) is 57.8 Å². The van der Waals surface area contributed by atoms with E-state index >= 15 is 0 Å². The molecule has 2 heterocycles. The van der Waals surface area contributed by atoms with E-state index in [9.17, 15) is 24.0 Å². The summed E-state index contributed by atoms with van der Waals surface area (Å²) in [6.07, 6.45) is -0.480. The summed E-state index contributed by atoms with van der Waals surface area (Å²) in [4.78, 5) is 68.4. The predicted molar refractivity (Wildman–Crippen MR) is 144 cm³/mol. The molecule has 1 aliphatic rings. The Balaban J connectivity index is 1.84. The fraction of sp³-hybridized carbons (Fsp3) is 0.429. The molecule has 0 spiro atoms. The SMILES string of the molecule is CCC1C(=O)OCC(NC(=O)c2nccc(C)c2OC(=O)c2ccccc2Br)C(=O)OC(C)C1OC(=O)C(C)C. The van der Waals surface area contributed by atoms with E-state index in [4.69, 9.17) is 18.9 Å². The maximum Gasteiger partial charge on any atom is 0.344 e. The van der Waals surface area contributed by atoms with Gasteiger partial charge in [0.2, 0.25) is 0 Å². The summed E-state index contributed by atoms with van der Waals surface area (Å²) < 4.78 is 22.4. The molecule has 1 fully saturated rings. The molecule has 1 N–H and O–H groups in total. The molecule has 0 radical (unpaired) electrons. The lowest BCUT2D eigenvalue weighted by Gasteiger charge is -2.29. The van der Waals surface area contributed by atoms with Gasteiger partial charge in [-0.3, -0.25) is 14.4 Å². The first-order valence-corrected chi connectivity index (χ1v) is 13.5. The van der Waals surface area contributed by atoms with E-state index in [0.717, 1.165) is 0 Å². The van der Waals surface area contributed by atoms with Gasteiger partial charge in [0.05, 0.1) is 17.4 Å². The van der Waals surface area contributed by atoms with Crippen LogP contribution in [0.15, 0.2) is 41.0 Å². The summed E-state index contributed by atoms with van der Waals surface area (Å²) in [6, 6.07) is 6.76. The second-order valence-corrected chi connectivity index (χ2v) is 10.4. The first-order valence-electron chi connectivity index (χ1n) is 12.7. The van der Waals surface area contributed by atoms with E-state index in [2.05, 4.69) is 26.2 Å². The Morgan fingerprint density at radius 1 is 1.15 bits per heavy atom. The van der Waals surface area contributed by atoms with Gasteiger partial charge in [0.1, 0.15) is 12.7 Å². The molecule has 0 saturated carbocycles. The topological polar surface area (TPSA) is 147 Å². The molecule has 214 valence electrons. The number of nitrogens with one attached hydrogen (secondary N) is 1.